The number of hydrogen-bond acceptors (Lipinski definition) is 2. The van der Waals surface area contributed by atoms with E-state index >= 15 is 0 Å². The lowest BCUT2D eigenvalue weighted by Gasteiger charge is -2.11. The highest BCUT2D eigenvalue weighted by Gasteiger charge is 2.00. The van der Waals surface area contributed by atoms with E-state index in [1.165, 1.54) is 0 Å². The molecule has 0 aromatic rings. The molecule has 0 heterocycles. The predicted octanol–water partition coefficient (Wildman–Crippen LogP) is -0.0672. The van der Waals surface area contributed by atoms with Crippen LogP contribution in [0.3, 0.4) is 0 Å². The summed E-state index contributed by atoms with van der Waals surface area (Å²) in [7, 11) is 0. The standard InChI is InChI=1S/C5H11N2O/c1-3-5(8)7(6)4-2/h1,3-4,6H2,2H3. The summed E-state index contributed by atoms with van der Waals surface area (Å²) in [5, 5.41) is 1.15. The molecule has 3 heteroatoms. The number of hydrogen-bond donors (Lipinski definition) is 1. The Hall–Kier alpha value is -0.570. The maximum Gasteiger partial charge on any atom is 0.236 e. The molecule has 0 rings (SSSR count). The van der Waals surface area contributed by atoms with Crippen molar-refractivity contribution in [2.75, 3.05) is 6.54 Å². The average molecular weight is 115 g/mol. The van der Waals surface area contributed by atoms with E-state index in [1.54, 1.807) is 0 Å². The highest BCUT2D eigenvalue weighted by Crippen LogP contribution is 1.82. The molecule has 0 aromatic heterocycles. The van der Waals surface area contributed by atoms with Crippen LogP contribution in [0.2, 0.25) is 0 Å². The Morgan fingerprint density at radius 1 is 1.88 bits per heavy atom. The van der Waals surface area contributed by atoms with Crippen molar-refractivity contribution >= 4 is 5.91 Å². The third kappa shape index (κ3) is 1.93. The van der Waals surface area contributed by atoms with E-state index in [4.69, 9.17) is 5.84 Å². The van der Waals surface area contributed by atoms with Gasteiger partial charge in [0.1, 0.15) is 0 Å². The third-order valence-corrected chi connectivity index (χ3v) is 0.875. The lowest BCUT2D eigenvalue weighted by molar-refractivity contribution is -0.130. The Morgan fingerprint density at radius 2 is 2.38 bits per heavy atom. The molecule has 1 amide bonds. The molecule has 0 bridgehead atoms. The van der Waals surface area contributed by atoms with Gasteiger partial charge < -0.3 is 0 Å². The second kappa shape index (κ2) is 3.43. The first kappa shape index (κ1) is 7.43. The summed E-state index contributed by atoms with van der Waals surface area (Å²) < 4.78 is 0. The van der Waals surface area contributed by atoms with Crippen LogP contribution in [0.4, 0.5) is 0 Å². The van der Waals surface area contributed by atoms with Gasteiger partial charge in [-0.2, -0.15) is 0 Å². The first-order valence-electron chi connectivity index (χ1n) is 2.56. The van der Waals surface area contributed by atoms with Crippen molar-refractivity contribution in [3.63, 3.8) is 0 Å². The molecular weight excluding hydrogens is 104 g/mol. The zero-order valence-corrected chi connectivity index (χ0v) is 5.05. The Labute approximate surface area is 49.4 Å². The number of carbonyl (C=O) groups excluding carboxylic acids is 1. The van der Waals surface area contributed by atoms with Crippen molar-refractivity contribution in [2.24, 2.45) is 5.84 Å². The first-order chi connectivity index (χ1) is 3.72. The number of amides is 1. The molecule has 0 spiro atoms. The fourth-order valence-corrected chi connectivity index (χ4v) is 0.320. The van der Waals surface area contributed by atoms with E-state index in [1.807, 2.05) is 6.92 Å². The Bertz CT molecular complexity index is 82.5. The van der Waals surface area contributed by atoms with E-state index in [0.29, 0.717) is 6.54 Å². The molecule has 0 saturated carbocycles. The van der Waals surface area contributed by atoms with Gasteiger partial charge in [-0.3, -0.25) is 9.80 Å². The summed E-state index contributed by atoms with van der Waals surface area (Å²) in [6.45, 7) is 5.75. The highest BCUT2D eigenvalue weighted by atomic mass is 16.2. The van der Waals surface area contributed by atoms with Crippen molar-refractivity contribution in [1.82, 2.24) is 5.01 Å². The normalized spacial score (nSPS) is 8.88. The van der Waals surface area contributed by atoms with Crippen LogP contribution in [-0.2, 0) is 4.79 Å². The molecule has 1 radical (unpaired) electrons. The molecule has 0 unspecified atom stereocenters. The van der Waals surface area contributed by atoms with Gasteiger partial charge in [-0.05, 0) is 13.8 Å². The largest absolute Gasteiger partial charge is 0.281 e. The lowest BCUT2D eigenvalue weighted by atomic mass is 10.4. The fraction of sp³-hybridized carbons (Fsp3) is 0.600. The molecule has 0 saturated heterocycles. The zero-order valence-electron chi connectivity index (χ0n) is 5.05. The molecular formula is C5H11N2O. The van der Waals surface area contributed by atoms with Crippen molar-refractivity contribution in [3.8, 4) is 0 Å². The van der Waals surface area contributed by atoms with Crippen molar-refractivity contribution < 1.29 is 4.79 Å². The number of nitrogens with zero attached hydrogens (tertiary/aromatic N) is 1. The Balaban J connectivity index is 3.46. The van der Waals surface area contributed by atoms with Crippen LogP contribution in [0.1, 0.15) is 13.3 Å². The van der Waals surface area contributed by atoms with E-state index in [2.05, 4.69) is 6.92 Å². The molecule has 8 heavy (non-hydrogen) atoms. The molecule has 0 aliphatic rings. The predicted molar refractivity (Wildman–Crippen MR) is 31.5 cm³/mol. The number of rotatable bonds is 2. The Morgan fingerprint density at radius 3 is 2.50 bits per heavy atom. The molecule has 0 fully saturated rings. The van der Waals surface area contributed by atoms with Crippen LogP contribution in [-0.4, -0.2) is 17.5 Å². The second-order valence-corrected chi connectivity index (χ2v) is 1.43. The molecule has 0 aliphatic carbocycles. The minimum absolute atomic E-state index is 0.118. The SMILES string of the molecule is [CH2]CC(=O)N(N)CC. The van der Waals surface area contributed by atoms with Gasteiger partial charge >= 0.3 is 0 Å². The second-order valence-electron chi connectivity index (χ2n) is 1.43. The highest BCUT2D eigenvalue weighted by molar-refractivity contribution is 5.75. The molecule has 47 valence electrons. The van der Waals surface area contributed by atoms with Crippen molar-refractivity contribution in [3.05, 3.63) is 6.92 Å². The maximum absolute atomic E-state index is 10.5. The molecule has 0 aromatic carbocycles. The van der Waals surface area contributed by atoms with Crippen LogP contribution < -0.4 is 5.84 Å². The molecule has 0 atom stereocenters. The van der Waals surface area contributed by atoms with Crippen molar-refractivity contribution in [2.45, 2.75) is 13.3 Å². The van der Waals surface area contributed by atoms with Gasteiger partial charge in [0.15, 0.2) is 0 Å². The first-order valence-corrected chi connectivity index (χ1v) is 2.56. The molecule has 0 aliphatic heterocycles. The van der Waals surface area contributed by atoms with E-state index < -0.39 is 0 Å². The summed E-state index contributed by atoms with van der Waals surface area (Å²) in [4.78, 5) is 10.5. The zero-order chi connectivity index (χ0) is 6.57. The van der Waals surface area contributed by atoms with Crippen LogP contribution in [0.5, 0.6) is 0 Å². The van der Waals surface area contributed by atoms with Gasteiger partial charge in [-0.25, -0.2) is 5.84 Å². The number of hydrazine groups is 1. The quantitative estimate of drug-likeness (QED) is 0.311. The van der Waals surface area contributed by atoms with E-state index in [0.717, 1.165) is 5.01 Å². The van der Waals surface area contributed by atoms with E-state index in [-0.39, 0.29) is 12.3 Å². The topological polar surface area (TPSA) is 46.3 Å². The summed E-state index contributed by atoms with van der Waals surface area (Å²) in [5.41, 5.74) is 0. The monoisotopic (exact) mass is 115 g/mol. The van der Waals surface area contributed by atoms with E-state index in [9.17, 15) is 4.79 Å². The third-order valence-electron chi connectivity index (χ3n) is 0.875. The summed E-state index contributed by atoms with van der Waals surface area (Å²) in [6, 6.07) is 0. The minimum atomic E-state index is -0.118. The summed E-state index contributed by atoms with van der Waals surface area (Å²) in [6.07, 6.45) is 0.240. The molecule has 3 nitrogen and oxygen atoms in total. The Kier molecular flexibility index (Phi) is 3.19. The lowest BCUT2D eigenvalue weighted by Crippen LogP contribution is -2.36. The van der Waals surface area contributed by atoms with Crippen LogP contribution in [0, 0.1) is 6.92 Å². The minimum Gasteiger partial charge on any atom is -0.281 e. The van der Waals surface area contributed by atoms with Crippen LogP contribution in [0.25, 0.3) is 0 Å². The van der Waals surface area contributed by atoms with Crippen LogP contribution >= 0.6 is 0 Å². The summed E-state index contributed by atoms with van der Waals surface area (Å²) >= 11 is 0. The van der Waals surface area contributed by atoms with Crippen molar-refractivity contribution in [1.29, 1.82) is 0 Å². The number of carbonyl (C=O) groups is 1. The van der Waals surface area contributed by atoms with Gasteiger partial charge in [-0.15, -0.1) is 0 Å². The summed E-state index contributed by atoms with van der Waals surface area (Å²) in [5.74, 6) is 5.05. The maximum atomic E-state index is 10.5. The van der Waals surface area contributed by atoms with Gasteiger partial charge in [0.05, 0.1) is 0 Å². The van der Waals surface area contributed by atoms with Gasteiger partial charge in [0.2, 0.25) is 5.91 Å². The molecule has 2 N–H and O–H groups in total. The van der Waals surface area contributed by atoms with Crippen LogP contribution in [0.15, 0.2) is 0 Å². The van der Waals surface area contributed by atoms with Gasteiger partial charge in [0.25, 0.3) is 0 Å². The fourth-order valence-electron chi connectivity index (χ4n) is 0.320. The average Bonchev–Trinajstić information content (AvgIpc) is 1.84. The number of nitrogens with two attached hydrogens (primary N) is 1. The smallest absolute Gasteiger partial charge is 0.236 e. The van der Waals surface area contributed by atoms with Gasteiger partial charge in [0, 0.05) is 13.0 Å². The van der Waals surface area contributed by atoms with Gasteiger partial charge in [-0.1, -0.05) is 0 Å².